The van der Waals surface area contributed by atoms with Crippen LogP contribution in [0.1, 0.15) is 206 Å². The van der Waals surface area contributed by atoms with Crippen LogP contribution in [0.5, 0.6) is 0 Å². The van der Waals surface area contributed by atoms with E-state index in [0.29, 0.717) is 19.3 Å². The van der Waals surface area contributed by atoms with Gasteiger partial charge in [0.2, 0.25) is 11.8 Å². The average molecular weight is 697 g/mol. The van der Waals surface area contributed by atoms with Crippen LogP contribution < -0.4 is 10.6 Å². The number of aliphatic hydroxyl groups excluding tert-OH is 1. The van der Waals surface area contributed by atoms with E-state index in [4.69, 9.17) is 14.9 Å². The van der Waals surface area contributed by atoms with E-state index in [1.165, 1.54) is 116 Å². The summed E-state index contributed by atoms with van der Waals surface area (Å²) in [5.41, 5.74) is 0. The highest BCUT2D eigenvalue weighted by atomic mass is 16.5. The molecule has 0 aromatic rings. The smallest absolute Gasteiger partial charge is 0.328 e. The van der Waals surface area contributed by atoms with E-state index in [1.807, 2.05) is 0 Å². The predicted molar refractivity (Wildman–Crippen MR) is 199 cm³/mol. The zero-order valence-electron chi connectivity index (χ0n) is 31.7. The molecule has 9 heteroatoms. The summed E-state index contributed by atoms with van der Waals surface area (Å²) < 4.78 is 6.00. The Morgan fingerprint density at radius 2 is 0.918 bits per heavy atom. The number of carboxylic acid groups (broad SMARTS) is 1. The molecule has 0 heterocycles. The van der Waals surface area contributed by atoms with Crippen molar-refractivity contribution in [1.82, 2.24) is 10.6 Å². The number of rotatable bonds is 37. The number of amides is 2. The van der Waals surface area contributed by atoms with E-state index < -0.39 is 24.5 Å². The number of nitrogens with one attached hydrogen (secondary N) is 2. The molecule has 2 atom stereocenters. The molecule has 0 aliphatic rings. The molecule has 0 aliphatic carbocycles. The first-order chi connectivity index (χ1) is 23.8. The van der Waals surface area contributed by atoms with Crippen LogP contribution in [0.15, 0.2) is 0 Å². The van der Waals surface area contributed by atoms with E-state index in [1.54, 1.807) is 0 Å². The minimum atomic E-state index is -1.38. The van der Waals surface area contributed by atoms with Gasteiger partial charge in [-0.05, 0) is 38.5 Å². The zero-order valence-corrected chi connectivity index (χ0v) is 31.7. The second kappa shape index (κ2) is 35.7. The number of hydrogen-bond acceptors (Lipinski definition) is 6. The summed E-state index contributed by atoms with van der Waals surface area (Å²) in [7, 11) is 0. The van der Waals surface area contributed by atoms with E-state index in [2.05, 4.69) is 24.5 Å². The highest BCUT2D eigenvalue weighted by Crippen LogP contribution is 2.19. The van der Waals surface area contributed by atoms with Crippen LogP contribution in [0.3, 0.4) is 0 Å². The second-order valence-electron chi connectivity index (χ2n) is 14.1. The Hall–Kier alpha value is -2.16. The summed E-state index contributed by atoms with van der Waals surface area (Å²) in [6, 6.07) is -1.38. The Kier molecular flexibility index (Phi) is 34.1. The summed E-state index contributed by atoms with van der Waals surface area (Å²) >= 11 is 0. The third kappa shape index (κ3) is 32.8. The first-order valence-corrected chi connectivity index (χ1v) is 20.4. The highest BCUT2D eigenvalue weighted by molar-refractivity contribution is 5.87. The van der Waals surface area contributed by atoms with Crippen LogP contribution in [0, 0.1) is 0 Å². The molecule has 0 aliphatic heterocycles. The Morgan fingerprint density at radius 3 is 1.33 bits per heavy atom. The standard InChI is InChI=1S/C40H76N2O7/c1-3-5-7-9-11-13-15-16-18-21-25-29-35(49-39(46)32-28-24-19-17-14-12-10-8-6-4-2)30-26-22-20-23-27-31-37(44)41-33-38(45)42-36(34-43)40(47)48/h35-36,43H,3-34H2,1-2H3,(H,41,44)(H,42,45)(H,47,48). The number of esters is 1. The maximum atomic E-state index is 12.7. The van der Waals surface area contributed by atoms with Gasteiger partial charge in [0.15, 0.2) is 0 Å². The number of aliphatic hydroxyl groups is 1. The lowest BCUT2D eigenvalue weighted by atomic mass is 10.0. The molecule has 0 saturated heterocycles. The Bertz CT molecular complexity index is 807. The van der Waals surface area contributed by atoms with Gasteiger partial charge in [-0.15, -0.1) is 0 Å². The molecule has 0 radical (unpaired) electrons. The molecule has 0 bridgehead atoms. The van der Waals surface area contributed by atoms with Gasteiger partial charge in [-0.2, -0.15) is 0 Å². The SMILES string of the molecule is CCCCCCCCCCCCCC(CCCCCCCC(=O)NCC(=O)NC(CO)C(=O)O)OC(=O)CCCCCCCCCCCC. The van der Waals surface area contributed by atoms with Crippen molar-refractivity contribution < 1.29 is 34.1 Å². The molecule has 4 N–H and O–H groups in total. The van der Waals surface area contributed by atoms with Crippen LogP contribution in [-0.4, -0.2) is 59.3 Å². The molecule has 0 spiro atoms. The van der Waals surface area contributed by atoms with Gasteiger partial charge in [0.05, 0.1) is 13.2 Å². The van der Waals surface area contributed by atoms with Gasteiger partial charge in [-0.3, -0.25) is 14.4 Å². The number of ether oxygens (including phenoxy) is 1. The number of aliphatic carboxylic acids is 1. The minimum Gasteiger partial charge on any atom is -0.480 e. The summed E-state index contributed by atoms with van der Waals surface area (Å²) in [6.07, 6.45) is 34.1. The maximum absolute atomic E-state index is 12.7. The number of carboxylic acids is 1. The molecule has 9 nitrogen and oxygen atoms in total. The Balaban J connectivity index is 4.27. The van der Waals surface area contributed by atoms with Crippen molar-refractivity contribution >= 4 is 23.8 Å². The first-order valence-electron chi connectivity index (χ1n) is 20.4. The van der Waals surface area contributed by atoms with Crippen molar-refractivity contribution in [2.45, 2.75) is 219 Å². The van der Waals surface area contributed by atoms with Crippen molar-refractivity contribution in [3.8, 4) is 0 Å². The van der Waals surface area contributed by atoms with Crippen molar-refractivity contribution in [3.63, 3.8) is 0 Å². The second-order valence-corrected chi connectivity index (χ2v) is 14.1. The summed E-state index contributed by atoms with van der Waals surface area (Å²) in [5.74, 6) is -2.28. The van der Waals surface area contributed by atoms with Crippen molar-refractivity contribution in [2.75, 3.05) is 13.2 Å². The molecule has 2 unspecified atom stereocenters. The van der Waals surface area contributed by atoms with Gasteiger partial charge in [-0.25, -0.2) is 4.79 Å². The molecule has 49 heavy (non-hydrogen) atoms. The lowest BCUT2D eigenvalue weighted by Gasteiger charge is -2.18. The Labute approximate surface area is 299 Å². The van der Waals surface area contributed by atoms with Gasteiger partial charge in [0.25, 0.3) is 0 Å². The van der Waals surface area contributed by atoms with E-state index in [0.717, 1.165) is 57.8 Å². The third-order valence-corrected chi connectivity index (χ3v) is 9.35. The molecular formula is C40H76N2O7. The first kappa shape index (κ1) is 46.8. The van der Waals surface area contributed by atoms with Crippen LogP contribution in [0.25, 0.3) is 0 Å². The monoisotopic (exact) mass is 697 g/mol. The van der Waals surface area contributed by atoms with Crippen LogP contribution in [0.2, 0.25) is 0 Å². The summed E-state index contributed by atoms with van der Waals surface area (Å²) in [4.78, 5) is 47.4. The maximum Gasteiger partial charge on any atom is 0.328 e. The third-order valence-electron chi connectivity index (χ3n) is 9.35. The highest BCUT2D eigenvalue weighted by Gasteiger charge is 2.19. The van der Waals surface area contributed by atoms with Crippen LogP contribution in [0.4, 0.5) is 0 Å². The quantitative estimate of drug-likeness (QED) is 0.0375. The zero-order chi connectivity index (χ0) is 36.2. The fourth-order valence-electron chi connectivity index (χ4n) is 6.19. The van der Waals surface area contributed by atoms with E-state index in [-0.39, 0.29) is 24.5 Å². The Morgan fingerprint density at radius 1 is 0.531 bits per heavy atom. The predicted octanol–water partition coefficient (Wildman–Crippen LogP) is 9.32. The van der Waals surface area contributed by atoms with Gasteiger partial charge >= 0.3 is 11.9 Å². The molecule has 2 amide bonds. The normalized spacial score (nSPS) is 12.4. The van der Waals surface area contributed by atoms with Gasteiger partial charge < -0.3 is 25.6 Å². The molecule has 288 valence electrons. The topological polar surface area (TPSA) is 142 Å². The summed E-state index contributed by atoms with van der Waals surface area (Å²) in [5, 5.41) is 22.5. The lowest BCUT2D eigenvalue weighted by molar-refractivity contribution is -0.150. The van der Waals surface area contributed by atoms with Gasteiger partial charge in [0.1, 0.15) is 12.1 Å². The fraction of sp³-hybridized carbons (Fsp3) is 0.900. The minimum absolute atomic E-state index is 0.00216. The van der Waals surface area contributed by atoms with Gasteiger partial charge in [-0.1, -0.05) is 155 Å². The molecule has 0 aromatic carbocycles. The van der Waals surface area contributed by atoms with Gasteiger partial charge in [0, 0.05) is 12.8 Å². The number of unbranched alkanes of at least 4 members (excludes halogenated alkanes) is 23. The summed E-state index contributed by atoms with van der Waals surface area (Å²) in [6.45, 7) is 3.48. The molecular weight excluding hydrogens is 620 g/mol. The number of carbonyl (C=O) groups is 4. The molecule has 0 fully saturated rings. The van der Waals surface area contributed by atoms with Crippen LogP contribution in [-0.2, 0) is 23.9 Å². The molecule has 0 saturated carbocycles. The number of carbonyl (C=O) groups excluding carboxylic acids is 3. The number of hydrogen-bond donors (Lipinski definition) is 4. The molecule has 0 aromatic heterocycles. The molecule has 0 rings (SSSR count). The van der Waals surface area contributed by atoms with Crippen LogP contribution >= 0.6 is 0 Å². The largest absolute Gasteiger partial charge is 0.480 e. The van der Waals surface area contributed by atoms with Crippen molar-refractivity contribution in [2.24, 2.45) is 0 Å². The van der Waals surface area contributed by atoms with Crippen molar-refractivity contribution in [1.29, 1.82) is 0 Å². The van der Waals surface area contributed by atoms with Crippen molar-refractivity contribution in [3.05, 3.63) is 0 Å². The lowest BCUT2D eigenvalue weighted by Crippen LogP contribution is -2.47. The van der Waals surface area contributed by atoms with E-state index >= 15 is 0 Å². The average Bonchev–Trinajstić information content (AvgIpc) is 3.08. The van der Waals surface area contributed by atoms with E-state index in [9.17, 15) is 19.2 Å². The fourth-order valence-corrected chi connectivity index (χ4v) is 6.19.